The van der Waals surface area contributed by atoms with Gasteiger partial charge in [0, 0.05) is 19.0 Å². The molecule has 3 rings (SSSR count). The van der Waals surface area contributed by atoms with E-state index in [2.05, 4.69) is 5.32 Å². The zero-order chi connectivity index (χ0) is 18.5. The van der Waals surface area contributed by atoms with E-state index in [0.717, 1.165) is 11.3 Å². The third kappa shape index (κ3) is 4.14. The van der Waals surface area contributed by atoms with Gasteiger partial charge in [0.1, 0.15) is 18.1 Å². The normalized spacial score (nSPS) is 12.8. The van der Waals surface area contributed by atoms with Crippen molar-refractivity contribution in [3.63, 3.8) is 0 Å². The number of benzene rings is 2. The van der Waals surface area contributed by atoms with Gasteiger partial charge in [-0.25, -0.2) is 0 Å². The fraction of sp³-hybridized carbons (Fsp3) is 0.300. The van der Waals surface area contributed by atoms with E-state index in [-0.39, 0.29) is 11.8 Å². The molecule has 0 saturated carbocycles. The summed E-state index contributed by atoms with van der Waals surface area (Å²) in [5, 5.41) is 2.89. The number of carbonyl (C=O) groups excluding carboxylic acids is 2. The summed E-state index contributed by atoms with van der Waals surface area (Å²) in [4.78, 5) is 25.7. The maximum atomic E-state index is 12.2. The molecular weight excluding hydrogens is 332 g/mol. The standard InChI is InChI=1S/C20H22N2O4/c1-14(23)22-11-12-26-19-9-6-16(13-18(19)22)21-20(24)10-5-15-3-7-17(25-2)8-4-15/h3-4,6-9,13H,5,10-12H2,1-2H3,(H,21,24). The summed E-state index contributed by atoms with van der Waals surface area (Å²) in [6.45, 7) is 2.51. The molecule has 0 aliphatic carbocycles. The van der Waals surface area contributed by atoms with Crippen molar-refractivity contribution in [2.45, 2.75) is 19.8 Å². The summed E-state index contributed by atoms with van der Waals surface area (Å²) in [5.74, 6) is 1.33. The Morgan fingerprint density at radius 2 is 1.96 bits per heavy atom. The predicted octanol–water partition coefficient (Wildman–Crippen LogP) is 3.01. The Kier molecular flexibility index (Phi) is 5.41. The van der Waals surface area contributed by atoms with E-state index in [1.807, 2.05) is 24.3 Å². The van der Waals surface area contributed by atoms with Crippen LogP contribution in [0.1, 0.15) is 18.9 Å². The van der Waals surface area contributed by atoms with Crippen LogP contribution >= 0.6 is 0 Å². The smallest absolute Gasteiger partial charge is 0.224 e. The molecule has 1 N–H and O–H groups in total. The van der Waals surface area contributed by atoms with E-state index < -0.39 is 0 Å². The van der Waals surface area contributed by atoms with Crippen molar-refractivity contribution in [1.29, 1.82) is 0 Å². The van der Waals surface area contributed by atoms with Gasteiger partial charge in [-0.1, -0.05) is 12.1 Å². The molecule has 2 aromatic rings. The van der Waals surface area contributed by atoms with Gasteiger partial charge < -0.3 is 19.7 Å². The molecule has 6 heteroatoms. The molecule has 0 fully saturated rings. The number of amides is 2. The molecule has 136 valence electrons. The number of hydrogen-bond acceptors (Lipinski definition) is 4. The minimum Gasteiger partial charge on any atom is -0.497 e. The van der Waals surface area contributed by atoms with E-state index in [4.69, 9.17) is 9.47 Å². The van der Waals surface area contributed by atoms with E-state index in [0.29, 0.717) is 43.1 Å². The van der Waals surface area contributed by atoms with Gasteiger partial charge in [-0.2, -0.15) is 0 Å². The third-order valence-electron chi connectivity index (χ3n) is 4.29. The van der Waals surface area contributed by atoms with Crippen LogP contribution in [0.2, 0.25) is 0 Å². The first-order valence-electron chi connectivity index (χ1n) is 8.54. The quantitative estimate of drug-likeness (QED) is 0.896. The number of nitrogens with one attached hydrogen (secondary N) is 1. The summed E-state index contributed by atoms with van der Waals surface area (Å²) in [6.07, 6.45) is 1.01. The molecule has 1 aliphatic heterocycles. The molecule has 0 aromatic heterocycles. The topological polar surface area (TPSA) is 67.9 Å². The van der Waals surface area contributed by atoms with E-state index in [1.165, 1.54) is 6.92 Å². The summed E-state index contributed by atoms with van der Waals surface area (Å²) >= 11 is 0. The van der Waals surface area contributed by atoms with Gasteiger partial charge in [0.25, 0.3) is 0 Å². The van der Waals surface area contributed by atoms with Crippen molar-refractivity contribution < 1.29 is 19.1 Å². The van der Waals surface area contributed by atoms with Crippen LogP contribution < -0.4 is 19.7 Å². The molecule has 6 nitrogen and oxygen atoms in total. The Hall–Kier alpha value is -3.02. The third-order valence-corrected chi connectivity index (χ3v) is 4.29. The van der Waals surface area contributed by atoms with Gasteiger partial charge in [0.2, 0.25) is 11.8 Å². The number of rotatable bonds is 5. The van der Waals surface area contributed by atoms with Crippen LogP contribution in [0.3, 0.4) is 0 Å². The zero-order valence-electron chi connectivity index (χ0n) is 15.0. The van der Waals surface area contributed by atoms with Crippen molar-refractivity contribution in [3.05, 3.63) is 48.0 Å². The van der Waals surface area contributed by atoms with Crippen molar-refractivity contribution in [1.82, 2.24) is 0 Å². The van der Waals surface area contributed by atoms with Crippen molar-refractivity contribution >= 4 is 23.2 Å². The van der Waals surface area contributed by atoms with Gasteiger partial charge in [0.15, 0.2) is 0 Å². The molecule has 0 unspecified atom stereocenters. The fourth-order valence-electron chi connectivity index (χ4n) is 2.90. The van der Waals surface area contributed by atoms with Crippen molar-refractivity contribution in [3.8, 4) is 11.5 Å². The average Bonchev–Trinajstić information content (AvgIpc) is 2.66. The number of ether oxygens (including phenoxy) is 2. The lowest BCUT2D eigenvalue weighted by molar-refractivity contribution is -0.117. The van der Waals surface area contributed by atoms with Crippen LogP contribution in [0.25, 0.3) is 0 Å². The number of fused-ring (bicyclic) bond motifs is 1. The number of aryl methyl sites for hydroxylation is 1. The second kappa shape index (κ2) is 7.91. The molecule has 0 atom stereocenters. The Morgan fingerprint density at radius 3 is 2.65 bits per heavy atom. The summed E-state index contributed by atoms with van der Waals surface area (Å²) in [5.41, 5.74) is 2.42. The van der Waals surface area contributed by atoms with Crippen LogP contribution in [0.5, 0.6) is 11.5 Å². The van der Waals surface area contributed by atoms with Crippen LogP contribution in [0, 0.1) is 0 Å². The highest BCUT2D eigenvalue weighted by Crippen LogP contribution is 2.34. The number of carbonyl (C=O) groups is 2. The number of hydrogen-bond donors (Lipinski definition) is 1. The number of anilines is 2. The van der Waals surface area contributed by atoms with E-state index >= 15 is 0 Å². The SMILES string of the molecule is COc1ccc(CCC(=O)Nc2ccc3c(c2)N(C(C)=O)CCO3)cc1. The van der Waals surface area contributed by atoms with Gasteiger partial charge >= 0.3 is 0 Å². The van der Waals surface area contributed by atoms with Crippen LogP contribution in [-0.2, 0) is 16.0 Å². The van der Waals surface area contributed by atoms with Crippen molar-refractivity contribution in [2.24, 2.45) is 0 Å². The predicted molar refractivity (Wildman–Crippen MR) is 99.9 cm³/mol. The molecule has 26 heavy (non-hydrogen) atoms. The number of nitrogens with zero attached hydrogens (tertiary/aromatic N) is 1. The van der Waals surface area contributed by atoms with Gasteiger partial charge in [-0.05, 0) is 42.3 Å². The average molecular weight is 354 g/mol. The first-order valence-corrected chi connectivity index (χ1v) is 8.54. The summed E-state index contributed by atoms with van der Waals surface area (Å²) < 4.78 is 10.7. The molecule has 1 heterocycles. The lowest BCUT2D eigenvalue weighted by Crippen LogP contribution is -2.36. The van der Waals surface area contributed by atoms with Crippen LogP contribution in [-0.4, -0.2) is 32.1 Å². The Bertz CT molecular complexity index is 802. The van der Waals surface area contributed by atoms with Crippen molar-refractivity contribution in [2.75, 3.05) is 30.5 Å². The summed E-state index contributed by atoms with van der Waals surface area (Å²) in [7, 11) is 1.62. The minimum absolute atomic E-state index is 0.0440. The first-order chi connectivity index (χ1) is 12.6. The lowest BCUT2D eigenvalue weighted by Gasteiger charge is -2.29. The Morgan fingerprint density at radius 1 is 1.19 bits per heavy atom. The molecule has 0 saturated heterocycles. The zero-order valence-corrected chi connectivity index (χ0v) is 15.0. The molecule has 2 aromatic carbocycles. The second-order valence-electron chi connectivity index (χ2n) is 6.10. The van der Waals surface area contributed by atoms with E-state index in [1.54, 1.807) is 30.2 Å². The fourth-order valence-corrected chi connectivity index (χ4v) is 2.90. The maximum Gasteiger partial charge on any atom is 0.224 e. The highest BCUT2D eigenvalue weighted by Gasteiger charge is 2.21. The highest BCUT2D eigenvalue weighted by molar-refractivity contribution is 5.96. The maximum absolute atomic E-state index is 12.2. The summed E-state index contributed by atoms with van der Waals surface area (Å²) in [6, 6.07) is 13.0. The first kappa shape index (κ1) is 17.8. The molecule has 0 spiro atoms. The molecule has 0 radical (unpaired) electrons. The van der Waals surface area contributed by atoms with E-state index in [9.17, 15) is 9.59 Å². The largest absolute Gasteiger partial charge is 0.497 e. The lowest BCUT2D eigenvalue weighted by atomic mass is 10.1. The van der Waals surface area contributed by atoms with Gasteiger partial charge in [0.05, 0.1) is 19.3 Å². The minimum atomic E-state index is -0.0770. The second-order valence-corrected chi connectivity index (χ2v) is 6.10. The molecule has 1 aliphatic rings. The van der Waals surface area contributed by atoms with Crippen LogP contribution in [0.4, 0.5) is 11.4 Å². The molecule has 0 bridgehead atoms. The Balaban J connectivity index is 1.62. The molecular formula is C20H22N2O4. The monoisotopic (exact) mass is 354 g/mol. The van der Waals surface area contributed by atoms with Gasteiger partial charge in [-0.15, -0.1) is 0 Å². The number of methoxy groups -OCH3 is 1. The highest BCUT2D eigenvalue weighted by atomic mass is 16.5. The van der Waals surface area contributed by atoms with Gasteiger partial charge in [-0.3, -0.25) is 9.59 Å². The molecule has 2 amide bonds. The van der Waals surface area contributed by atoms with Crippen LogP contribution in [0.15, 0.2) is 42.5 Å². The Labute approximate surface area is 152 Å².